The number of nitrogens with two attached hydrogens (primary N) is 2. The van der Waals surface area contributed by atoms with Crippen molar-refractivity contribution >= 4 is 27.2 Å². The van der Waals surface area contributed by atoms with Crippen LogP contribution in [-0.2, 0) is 14.6 Å². The average molecular weight is 300 g/mol. The highest BCUT2D eigenvalue weighted by atomic mass is 32.2. The molecule has 0 radical (unpaired) electrons. The number of carbonyl (C=O) groups excluding carboxylic acids is 1. The molecule has 20 heavy (non-hydrogen) atoms. The molecule has 0 aliphatic carbocycles. The Morgan fingerprint density at radius 3 is 2.35 bits per heavy atom. The summed E-state index contributed by atoms with van der Waals surface area (Å²) < 4.78 is 27.8. The van der Waals surface area contributed by atoms with Gasteiger partial charge in [-0.25, -0.2) is 13.2 Å². The summed E-state index contributed by atoms with van der Waals surface area (Å²) in [5.74, 6) is -0.886. The van der Waals surface area contributed by atoms with Crippen LogP contribution in [0.5, 0.6) is 0 Å². The summed E-state index contributed by atoms with van der Waals surface area (Å²) in [7, 11) is -3.32. The maximum atomic E-state index is 11.8. The van der Waals surface area contributed by atoms with Gasteiger partial charge >= 0.3 is 5.97 Å². The molecule has 0 heterocycles. The van der Waals surface area contributed by atoms with Crippen molar-refractivity contribution in [3.05, 3.63) is 23.8 Å². The molecule has 0 aliphatic heterocycles. The lowest BCUT2D eigenvalue weighted by molar-refractivity contribution is 0.0530. The Morgan fingerprint density at radius 1 is 1.25 bits per heavy atom. The molecule has 0 fully saturated rings. The van der Waals surface area contributed by atoms with Gasteiger partial charge in [-0.05, 0) is 39.0 Å². The van der Waals surface area contributed by atoms with Gasteiger partial charge in [0.25, 0.3) is 0 Å². The van der Waals surface area contributed by atoms with Gasteiger partial charge in [0.2, 0.25) is 0 Å². The van der Waals surface area contributed by atoms with Gasteiger partial charge in [-0.3, -0.25) is 0 Å². The van der Waals surface area contributed by atoms with Crippen LogP contribution in [0.15, 0.2) is 18.2 Å². The molecular weight excluding hydrogens is 280 g/mol. The quantitative estimate of drug-likeness (QED) is 0.638. The van der Waals surface area contributed by atoms with Crippen LogP contribution in [0.3, 0.4) is 0 Å². The lowest BCUT2D eigenvalue weighted by Crippen LogP contribution is -2.32. The van der Waals surface area contributed by atoms with Crippen molar-refractivity contribution < 1.29 is 17.9 Å². The van der Waals surface area contributed by atoms with Crippen molar-refractivity contribution in [3.63, 3.8) is 0 Å². The van der Waals surface area contributed by atoms with Gasteiger partial charge in [-0.15, -0.1) is 0 Å². The largest absolute Gasteiger partial charge is 0.461 e. The number of hydrogen-bond acceptors (Lipinski definition) is 6. The number of ether oxygens (including phenoxy) is 1. The third-order valence-electron chi connectivity index (χ3n) is 2.81. The van der Waals surface area contributed by atoms with Gasteiger partial charge in [-0.1, -0.05) is 0 Å². The summed E-state index contributed by atoms with van der Waals surface area (Å²) in [6.07, 6.45) is 0. The van der Waals surface area contributed by atoms with Crippen molar-refractivity contribution in [1.82, 2.24) is 0 Å². The first kappa shape index (κ1) is 16.3. The molecule has 0 saturated heterocycles. The summed E-state index contributed by atoms with van der Waals surface area (Å²) in [4.78, 5) is 11.8. The molecule has 0 amide bonds. The predicted octanol–water partition coefficient (Wildman–Crippen LogP) is 1.22. The van der Waals surface area contributed by atoms with E-state index in [4.69, 9.17) is 16.2 Å². The summed E-state index contributed by atoms with van der Waals surface area (Å²) >= 11 is 0. The number of anilines is 2. The van der Waals surface area contributed by atoms with E-state index in [1.165, 1.54) is 18.2 Å². The number of esters is 1. The zero-order valence-electron chi connectivity index (χ0n) is 11.8. The Hall–Kier alpha value is -1.76. The molecule has 0 saturated carbocycles. The van der Waals surface area contributed by atoms with Gasteiger partial charge in [0.15, 0.2) is 9.84 Å². The first-order valence-corrected chi connectivity index (χ1v) is 7.74. The van der Waals surface area contributed by atoms with Crippen LogP contribution in [0.4, 0.5) is 11.4 Å². The van der Waals surface area contributed by atoms with Crippen molar-refractivity contribution in [2.75, 3.05) is 23.8 Å². The Kier molecular flexibility index (Phi) is 4.65. The third-order valence-corrected chi connectivity index (χ3v) is 5.38. The smallest absolute Gasteiger partial charge is 0.340 e. The van der Waals surface area contributed by atoms with Crippen LogP contribution in [-0.4, -0.2) is 31.5 Å². The van der Waals surface area contributed by atoms with Crippen molar-refractivity contribution in [3.8, 4) is 0 Å². The summed E-state index contributed by atoms with van der Waals surface area (Å²) in [5.41, 5.74) is 12.0. The van der Waals surface area contributed by atoms with Crippen LogP contribution < -0.4 is 11.5 Å². The van der Waals surface area contributed by atoms with Gasteiger partial charge in [0, 0.05) is 11.4 Å². The predicted molar refractivity (Wildman–Crippen MR) is 79.1 cm³/mol. The fraction of sp³-hybridized carbons (Fsp3) is 0.462. The van der Waals surface area contributed by atoms with Crippen LogP contribution in [0.1, 0.15) is 31.1 Å². The van der Waals surface area contributed by atoms with Crippen LogP contribution in [0.25, 0.3) is 0 Å². The second kappa shape index (κ2) is 5.70. The highest BCUT2D eigenvalue weighted by molar-refractivity contribution is 7.92. The molecular formula is C13H20N2O4S. The highest BCUT2D eigenvalue weighted by Crippen LogP contribution is 2.18. The second-order valence-corrected chi connectivity index (χ2v) is 8.28. The van der Waals surface area contributed by atoms with Gasteiger partial charge in [0.1, 0.15) is 6.61 Å². The van der Waals surface area contributed by atoms with Crippen molar-refractivity contribution in [2.45, 2.75) is 25.5 Å². The minimum Gasteiger partial charge on any atom is -0.461 e. The van der Waals surface area contributed by atoms with E-state index in [0.717, 1.165) is 0 Å². The van der Waals surface area contributed by atoms with E-state index in [2.05, 4.69) is 0 Å². The molecule has 6 nitrogen and oxygen atoms in total. The Labute approximate surface area is 119 Å². The first-order valence-electron chi connectivity index (χ1n) is 6.09. The number of rotatable bonds is 4. The molecule has 0 bridgehead atoms. The zero-order chi connectivity index (χ0) is 15.6. The lowest BCUT2D eigenvalue weighted by Gasteiger charge is -2.18. The molecule has 1 aromatic carbocycles. The van der Waals surface area contributed by atoms with Crippen molar-refractivity contribution in [1.29, 1.82) is 0 Å². The number of nitrogen functional groups attached to an aromatic ring is 2. The van der Waals surface area contributed by atoms with E-state index in [9.17, 15) is 13.2 Å². The van der Waals surface area contributed by atoms with Gasteiger partial charge < -0.3 is 16.2 Å². The molecule has 0 atom stereocenters. The molecule has 0 aliphatic rings. The van der Waals surface area contributed by atoms with E-state index in [1.54, 1.807) is 20.8 Å². The fourth-order valence-corrected chi connectivity index (χ4v) is 2.31. The van der Waals surface area contributed by atoms with E-state index >= 15 is 0 Å². The minimum absolute atomic E-state index is 0.173. The monoisotopic (exact) mass is 300 g/mol. The molecule has 7 heteroatoms. The lowest BCUT2D eigenvalue weighted by atomic mass is 10.1. The van der Waals surface area contributed by atoms with E-state index in [-0.39, 0.29) is 23.6 Å². The number of hydrogen-bond donors (Lipinski definition) is 2. The van der Waals surface area contributed by atoms with Gasteiger partial charge in [0.05, 0.1) is 16.1 Å². The van der Waals surface area contributed by atoms with E-state index < -0.39 is 20.6 Å². The van der Waals surface area contributed by atoms with E-state index in [0.29, 0.717) is 5.69 Å². The average Bonchev–Trinajstić information content (AvgIpc) is 2.26. The maximum Gasteiger partial charge on any atom is 0.340 e. The Morgan fingerprint density at radius 2 is 1.85 bits per heavy atom. The maximum absolute atomic E-state index is 11.8. The zero-order valence-corrected chi connectivity index (χ0v) is 12.7. The first-order chi connectivity index (χ1) is 9.04. The molecule has 0 spiro atoms. The number of sulfone groups is 1. The van der Waals surface area contributed by atoms with E-state index in [1.807, 2.05) is 0 Å². The molecule has 112 valence electrons. The van der Waals surface area contributed by atoms with Crippen LogP contribution in [0.2, 0.25) is 0 Å². The second-order valence-electron chi connectivity index (χ2n) is 5.41. The SMILES string of the molecule is CC(C)(C)S(=O)(=O)CCOC(=O)c1ccc(N)cc1N. The molecule has 1 aromatic rings. The number of carbonyl (C=O) groups is 1. The van der Waals surface area contributed by atoms with Crippen molar-refractivity contribution in [2.24, 2.45) is 0 Å². The van der Waals surface area contributed by atoms with Crippen LogP contribution in [0, 0.1) is 0 Å². The van der Waals surface area contributed by atoms with Crippen LogP contribution >= 0.6 is 0 Å². The standard InChI is InChI=1S/C13H20N2O4S/c1-13(2,3)20(17,18)7-6-19-12(16)10-5-4-9(14)8-11(10)15/h4-5,8H,6-7,14-15H2,1-3H3. The Balaban J connectivity index is 2.66. The molecule has 0 unspecified atom stereocenters. The molecule has 1 rings (SSSR count). The number of benzene rings is 1. The molecule has 0 aromatic heterocycles. The Bertz CT molecular complexity index is 603. The molecule has 4 N–H and O–H groups in total. The topological polar surface area (TPSA) is 112 Å². The highest BCUT2D eigenvalue weighted by Gasteiger charge is 2.28. The minimum atomic E-state index is -3.32. The third kappa shape index (κ3) is 3.86. The summed E-state index contributed by atoms with van der Waals surface area (Å²) in [6.45, 7) is 4.59. The normalized spacial score (nSPS) is 12.2. The van der Waals surface area contributed by atoms with Gasteiger partial charge in [-0.2, -0.15) is 0 Å². The summed E-state index contributed by atoms with van der Waals surface area (Å²) in [6, 6.07) is 4.42. The summed E-state index contributed by atoms with van der Waals surface area (Å²) in [5, 5.41) is 0. The fourth-order valence-electron chi connectivity index (χ4n) is 1.40.